The maximum absolute atomic E-state index is 12.2. The highest BCUT2D eigenvalue weighted by Gasteiger charge is 2.32. The molecule has 0 aromatic carbocycles. The fourth-order valence-electron chi connectivity index (χ4n) is 2.43. The Morgan fingerprint density at radius 1 is 1.55 bits per heavy atom. The van der Waals surface area contributed by atoms with Gasteiger partial charge in [-0.3, -0.25) is 9.48 Å². The predicted octanol–water partition coefficient (Wildman–Crippen LogP) is 1.64. The standard InChI is InChI=1S/C16H27N3O3/c1-16(2,3)19-14(11-5-6-11)9-13(18-19)15(21)17-8-7-12(20)10-22-4/h9,11-12,20H,5-8,10H2,1-4H3,(H,17,21). The molecule has 0 radical (unpaired) electrons. The third-order valence-corrected chi connectivity index (χ3v) is 3.72. The fraction of sp³-hybridized carbons (Fsp3) is 0.750. The second kappa shape index (κ2) is 6.79. The lowest BCUT2D eigenvalue weighted by Crippen LogP contribution is -2.30. The van der Waals surface area contributed by atoms with Gasteiger partial charge in [0.1, 0.15) is 5.69 Å². The predicted molar refractivity (Wildman–Crippen MR) is 84.0 cm³/mol. The molecule has 0 spiro atoms. The van der Waals surface area contributed by atoms with Crippen LogP contribution in [0.15, 0.2) is 6.07 Å². The topological polar surface area (TPSA) is 76.4 Å². The zero-order chi connectivity index (χ0) is 16.3. The van der Waals surface area contributed by atoms with Gasteiger partial charge in [0.25, 0.3) is 5.91 Å². The van der Waals surface area contributed by atoms with E-state index in [1.54, 1.807) is 7.11 Å². The third kappa shape index (κ3) is 4.30. The van der Waals surface area contributed by atoms with E-state index >= 15 is 0 Å². The normalized spacial score (nSPS) is 16.6. The lowest BCUT2D eigenvalue weighted by molar-refractivity contribution is 0.0587. The Morgan fingerprint density at radius 3 is 2.77 bits per heavy atom. The van der Waals surface area contributed by atoms with Crippen LogP contribution in [0.25, 0.3) is 0 Å². The van der Waals surface area contributed by atoms with Crippen molar-refractivity contribution in [3.63, 3.8) is 0 Å². The van der Waals surface area contributed by atoms with E-state index in [9.17, 15) is 9.90 Å². The molecule has 1 unspecified atom stereocenters. The first-order chi connectivity index (χ1) is 10.3. The summed E-state index contributed by atoms with van der Waals surface area (Å²) in [4.78, 5) is 12.2. The van der Waals surface area contributed by atoms with Gasteiger partial charge in [-0.1, -0.05) is 0 Å². The molecule has 1 amide bonds. The maximum atomic E-state index is 12.2. The number of carbonyl (C=O) groups is 1. The summed E-state index contributed by atoms with van der Waals surface area (Å²) in [5, 5.41) is 16.9. The number of amides is 1. The van der Waals surface area contributed by atoms with Gasteiger partial charge in [-0.05, 0) is 46.1 Å². The fourth-order valence-corrected chi connectivity index (χ4v) is 2.43. The largest absolute Gasteiger partial charge is 0.391 e. The summed E-state index contributed by atoms with van der Waals surface area (Å²) < 4.78 is 6.83. The molecule has 2 rings (SSSR count). The summed E-state index contributed by atoms with van der Waals surface area (Å²) in [6.07, 6.45) is 2.26. The Balaban J connectivity index is 1.98. The third-order valence-electron chi connectivity index (χ3n) is 3.72. The van der Waals surface area contributed by atoms with Crippen molar-refractivity contribution in [2.45, 2.75) is 57.6 Å². The number of rotatable bonds is 7. The Labute approximate surface area is 131 Å². The van der Waals surface area contributed by atoms with Gasteiger partial charge in [0.05, 0.1) is 18.2 Å². The van der Waals surface area contributed by atoms with Crippen LogP contribution >= 0.6 is 0 Å². The van der Waals surface area contributed by atoms with Crippen LogP contribution in [0.4, 0.5) is 0 Å². The highest BCUT2D eigenvalue weighted by Crippen LogP contribution is 2.41. The number of aromatic nitrogens is 2. The van der Waals surface area contributed by atoms with Crippen LogP contribution in [-0.4, -0.2) is 47.2 Å². The molecule has 1 heterocycles. The molecule has 2 N–H and O–H groups in total. The summed E-state index contributed by atoms with van der Waals surface area (Å²) in [6, 6.07) is 1.91. The van der Waals surface area contributed by atoms with E-state index in [1.807, 2.05) is 10.7 Å². The minimum Gasteiger partial charge on any atom is -0.391 e. The quantitative estimate of drug-likeness (QED) is 0.803. The van der Waals surface area contributed by atoms with Crippen molar-refractivity contribution in [3.05, 3.63) is 17.5 Å². The molecule has 0 aliphatic heterocycles. The summed E-state index contributed by atoms with van der Waals surface area (Å²) in [5.41, 5.74) is 1.47. The van der Waals surface area contributed by atoms with Crippen molar-refractivity contribution in [3.8, 4) is 0 Å². The average Bonchev–Trinajstić information content (AvgIpc) is 3.16. The van der Waals surface area contributed by atoms with E-state index < -0.39 is 6.10 Å². The van der Waals surface area contributed by atoms with Crippen molar-refractivity contribution in [1.29, 1.82) is 0 Å². The van der Waals surface area contributed by atoms with E-state index in [4.69, 9.17) is 4.74 Å². The van der Waals surface area contributed by atoms with Gasteiger partial charge in [-0.15, -0.1) is 0 Å². The van der Waals surface area contributed by atoms with E-state index in [0.717, 1.165) is 5.69 Å². The molecule has 1 saturated carbocycles. The number of nitrogens with zero attached hydrogens (tertiary/aromatic N) is 2. The summed E-state index contributed by atoms with van der Waals surface area (Å²) in [7, 11) is 1.54. The van der Waals surface area contributed by atoms with E-state index in [0.29, 0.717) is 24.6 Å². The van der Waals surface area contributed by atoms with Crippen molar-refractivity contribution in [2.75, 3.05) is 20.3 Å². The molecule has 6 heteroatoms. The van der Waals surface area contributed by atoms with Crippen molar-refractivity contribution in [1.82, 2.24) is 15.1 Å². The molecular weight excluding hydrogens is 282 g/mol. The van der Waals surface area contributed by atoms with Gasteiger partial charge in [-0.25, -0.2) is 0 Å². The molecule has 6 nitrogen and oxygen atoms in total. The highest BCUT2D eigenvalue weighted by molar-refractivity contribution is 5.92. The van der Waals surface area contributed by atoms with Crippen LogP contribution in [0.3, 0.4) is 0 Å². The number of hydrogen-bond donors (Lipinski definition) is 2. The lowest BCUT2D eigenvalue weighted by atomic mass is 10.1. The zero-order valence-corrected chi connectivity index (χ0v) is 13.9. The molecule has 124 valence electrons. The number of aliphatic hydroxyl groups is 1. The first-order valence-electron chi connectivity index (χ1n) is 7.88. The molecule has 1 aliphatic carbocycles. The highest BCUT2D eigenvalue weighted by atomic mass is 16.5. The first kappa shape index (κ1) is 17.0. The van der Waals surface area contributed by atoms with Gasteiger partial charge in [0.15, 0.2) is 0 Å². The van der Waals surface area contributed by atoms with Crippen LogP contribution in [0.5, 0.6) is 0 Å². The molecule has 1 aromatic heterocycles. The molecule has 0 saturated heterocycles. The van der Waals surface area contributed by atoms with E-state index in [2.05, 4.69) is 31.2 Å². The van der Waals surface area contributed by atoms with Crippen molar-refractivity contribution in [2.24, 2.45) is 0 Å². The Hall–Kier alpha value is -1.40. The van der Waals surface area contributed by atoms with Crippen LogP contribution in [0, 0.1) is 0 Å². The second-order valence-electron chi connectivity index (χ2n) is 6.97. The monoisotopic (exact) mass is 309 g/mol. The van der Waals surface area contributed by atoms with Crippen molar-refractivity contribution < 1.29 is 14.6 Å². The van der Waals surface area contributed by atoms with E-state index in [-0.39, 0.29) is 18.1 Å². The molecule has 1 aromatic rings. The molecule has 1 atom stereocenters. The number of nitrogens with one attached hydrogen (secondary N) is 1. The minimum absolute atomic E-state index is 0.134. The number of aliphatic hydroxyl groups excluding tert-OH is 1. The number of ether oxygens (including phenoxy) is 1. The first-order valence-corrected chi connectivity index (χ1v) is 7.88. The molecule has 1 fully saturated rings. The van der Waals surface area contributed by atoms with Crippen molar-refractivity contribution >= 4 is 5.91 Å². The maximum Gasteiger partial charge on any atom is 0.271 e. The van der Waals surface area contributed by atoms with E-state index in [1.165, 1.54) is 12.8 Å². The Morgan fingerprint density at radius 2 is 2.23 bits per heavy atom. The van der Waals surface area contributed by atoms with Gasteiger partial charge < -0.3 is 15.2 Å². The second-order valence-corrected chi connectivity index (χ2v) is 6.97. The average molecular weight is 309 g/mol. The van der Waals surface area contributed by atoms with Gasteiger partial charge >= 0.3 is 0 Å². The van der Waals surface area contributed by atoms with Crippen LogP contribution in [0.2, 0.25) is 0 Å². The SMILES string of the molecule is COCC(O)CCNC(=O)c1cc(C2CC2)n(C(C)(C)C)n1. The lowest BCUT2D eigenvalue weighted by Gasteiger charge is -2.22. The molecule has 22 heavy (non-hydrogen) atoms. The molecular formula is C16H27N3O3. The summed E-state index contributed by atoms with van der Waals surface area (Å²) >= 11 is 0. The van der Waals surface area contributed by atoms with Crippen LogP contribution < -0.4 is 5.32 Å². The molecule has 1 aliphatic rings. The summed E-state index contributed by atoms with van der Waals surface area (Å²) in [6.45, 7) is 6.96. The smallest absolute Gasteiger partial charge is 0.271 e. The van der Waals surface area contributed by atoms with Gasteiger partial charge in [-0.2, -0.15) is 5.10 Å². The minimum atomic E-state index is -0.556. The van der Waals surface area contributed by atoms with Crippen LogP contribution in [-0.2, 0) is 10.3 Å². The summed E-state index contributed by atoms with van der Waals surface area (Å²) in [5.74, 6) is 0.353. The molecule has 0 bridgehead atoms. The Bertz CT molecular complexity index is 515. The number of methoxy groups -OCH3 is 1. The number of carbonyl (C=O) groups excluding carboxylic acids is 1. The van der Waals surface area contributed by atoms with Gasteiger partial charge in [0.2, 0.25) is 0 Å². The zero-order valence-electron chi connectivity index (χ0n) is 13.9. The van der Waals surface area contributed by atoms with Gasteiger partial charge in [0, 0.05) is 25.3 Å². The Kier molecular flexibility index (Phi) is 5.24. The van der Waals surface area contributed by atoms with Crippen LogP contribution in [0.1, 0.15) is 62.1 Å². The number of hydrogen-bond acceptors (Lipinski definition) is 4.